The van der Waals surface area contributed by atoms with E-state index in [0.717, 1.165) is 5.56 Å². The molecule has 1 fully saturated rings. The van der Waals surface area contributed by atoms with Gasteiger partial charge in [0.2, 0.25) is 17.7 Å². The number of Topliss-reactive ketones (excluding diaryl/α,β-unsaturated/α-hetero) is 1. The molecule has 2 rings (SSSR count). The smallest absolute Gasteiger partial charge is 0.408 e. The first-order chi connectivity index (χ1) is 21.8. The maximum atomic E-state index is 13.8. The number of nitrogens with zero attached hydrogens (tertiary/aromatic N) is 2. The summed E-state index contributed by atoms with van der Waals surface area (Å²) in [6, 6.07) is 5.18. The van der Waals surface area contributed by atoms with Crippen LogP contribution in [-0.4, -0.2) is 84.4 Å². The van der Waals surface area contributed by atoms with Crippen molar-refractivity contribution in [3.8, 4) is 0 Å². The fourth-order valence-corrected chi connectivity index (χ4v) is 5.10. The monoisotopic (exact) mass is 647 g/mol. The van der Waals surface area contributed by atoms with Gasteiger partial charge in [-0.05, 0) is 55.9 Å². The fraction of sp³-hybridized carbons (Fsp3) is 0.625. The minimum atomic E-state index is -1.26. The van der Waals surface area contributed by atoms with Gasteiger partial charge < -0.3 is 37.1 Å². The highest BCUT2D eigenvalue weighted by molar-refractivity contribution is 5.96. The average molecular weight is 648 g/mol. The summed E-state index contributed by atoms with van der Waals surface area (Å²) in [7, 11) is 0. The molecule has 46 heavy (non-hydrogen) atoms. The number of alkyl halides is 1. The molecule has 0 radical (unpaired) electrons. The van der Waals surface area contributed by atoms with Crippen LogP contribution in [-0.2, 0) is 30.5 Å². The zero-order chi connectivity index (χ0) is 34.2. The van der Waals surface area contributed by atoms with E-state index in [-0.39, 0.29) is 43.9 Å². The number of ketones is 1. The van der Waals surface area contributed by atoms with Crippen LogP contribution in [0.5, 0.6) is 0 Å². The molecule has 0 spiro atoms. The van der Waals surface area contributed by atoms with E-state index in [0.29, 0.717) is 32.1 Å². The third-order valence-corrected chi connectivity index (χ3v) is 7.71. The number of amides is 4. The van der Waals surface area contributed by atoms with E-state index in [4.69, 9.17) is 16.2 Å². The third kappa shape index (κ3) is 12.6. The summed E-state index contributed by atoms with van der Waals surface area (Å²) >= 11 is 0. The summed E-state index contributed by atoms with van der Waals surface area (Å²) in [5.41, 5.74) is 11.4. The molecule has 7 N–H and O–H groups in total. The van der Waals surface area contributed by atoms with Crippen LogP contribution in [0.15, 0.2) is 35.3 Å². The van der Waals surface area contributed by atoms with Crippen LogP contribution in [0.25, 0.3) is 0 Å². The SMILES string of the molecule is CC(C)CC[C@H](NC(=O)OCc1ccccc1)C(=O)N[C@H](C(=O)N1CCC[C@H]1C(=O)N[C@@H](CCCN=C(N)N)C(=O)CF)C(C)C. The number of nitrogens with one attached hydrogen (secondary N) is 3. The van der Waals surface area contributed by atoms with E-state index < -0.39 is 60.4 Å². The van der Waals surface area contributed by atoms with Crippen molar-refractivity contribution in [2.75, 3.05) is 19.8 Å². The Labute approximate surface area is 270 Å². The van der Waals surface area contributed by atoms with Crippen molar-refractivity contribution in [3.63, 3.8) is 0 Å². The summed E-state index contributed by atoms with van der Waals surface area (Å²) in [6.45, 7) is 6.78. The van der Waals surface area contributed by atoms with Crippen LogP contribution in [0, 0.1) is 11.8 Å². The number of guanidine groups is 1. The van der Waals surface area contributed by atoms with Gasteiger partial charge in [-0.15, -0.1) is 0 Å². The maximum absolute atomic E-state index is 13.8. The Hall–Kier alpha value is -4.23. The summed E-state index contributed by atoms with van der Waals surface area (Å²) in [6.07, 6.45) is 1.52. The van der Waals surface area contributed by atoms with E-state index in [1.54, 1.807) is 13.8 Å². The Bertz CT molecular complexity index is 1190. The highest BCUT2D eigenvalue weighted by Crippen LogP contribution is 2.21. The Balaban J connectivity index is 2.11. The lowest BCUT2D eigenvalue weighted by atomic mass is 9.99. The number of halogens is 1. The highest BCUT2D eigenvalue weighted by Gasteiger charge is 2.40. The molecule has 1 aromatic carbocycles. The van der Waals surface area contributed by atoms with Crippen molar-refractivity contribution >= 4 is 35.6 Å². The van der Waals surface area contributed by atoms with Crippen molar-refractivity contribution in [1.82, 2.24) is 20.9 Å². The minimum absolute atomic E-state index is 0.0325. The van der Waals surface area contributed by atoms with Gasteiger partial charge in [-0.1, -0.05) is 58.0 Å². The second kappa shape index (κ2) is 19.3. The van der Waals surface area contributed by atoms with Crippen molar-refractivity contribution in [1.29, 1.82) is 0 Å². The molecule has 1 saturated heterocycles. The van der Waals surface area contributed by atoms with Gasteiger partial charge in [0.15, 0.2) is 11.7 Å². The zero-order valence-electron chi connectivity index (χ0n) is 27.3. The van der Waals surface area contributed by atoms with Gasteiger partial charge in [-0.2, -0.15) is 0 Å². The second-order valence-electron chi connectivity index (χ2n) is 12.3. The van der Waals surface area contributed by atoms with E-state index in [2.05, 4.69) is 20.9 Å². The van der Waals surface area contributed by atoms with E-state index in [9.17, 15) is 28.4 Å². The molecule has 1 heterocycles. The molecule has 14 heteroatoms. The van der Waals surface area contributed by atoms with E-state index in [1.807, 2.05) is 44.2 Å². The Kier molecular flexibility index (Phi) is 15.9. The molecular formula is C32H50FN7O6. The lowest BCUT2D eigenvalue weighted by molar-refractivity contribution is -0.143. The fourth-order valence-electron chi connectivity index (χ4n) is 5.10. The molecule has 0 aliphatic carbocycles. The number of ether oxygens (including phenoxy) is 1. The van der Waals surface area contributed by atoms with Gasteiger partial charge >= 0.3 is 6.09 Å². The number of carbonyl (C=O) groups is 5. The molecule has 1 aliphatic heterocycles. The number of alkyl carbamates (subject to hydrolysis) is 1. The van der Waals surface area contributed by atoms with Crippen LogP contribution in [0.3, 0.4) is 0 Å². The second-order valence-corrected chi connectivity index (χ2v) is 12.3. The number of hydrogen-bond acceptors (Lipinski definition) is 7. The number of rotatable bonds is 18. The predicted molar refractivity (Wildman–Crippen MR) is 172 cm³/mol. The molecular weight excluding hydrogens is 597 g/mol. The number of hydrogen-bond donors (Lipinski definition) is 5. The molecule has 0 bridgehead atoms. The zero-order valence-corrected chi connectivity index (χ0v) is 27.3. The Morgan fingerprint density at radius 3 is 2.28 bits per heavy atom. The first-order valence-corrected chi connectivity index (χ1v) is 15.9. The quantitative estimate of drug-likeness (QED) is 0.0904. The molecule has 256 valence electrons. The van der Waals surface area contributed by atoms with Gasteiger partial charge in [0.1, 0.15) is 31.4 Å². The highest BCUT2D eigenvalue weighted by atomic mass is 19.1. The number of benzene rings is 1. The normalized spacial score (nSPS) is 16.3. The number of likely N-dealkylation sites (tertiary alicyclic amines) is 1. The predicted octanol–water partition coefficient (Wildman–Crippen LogP) is 1.93. The van der Waals surface area contributed by atoms with Crippen molar-refractivity contribution in [3.05, 3.63) is 35.9 Å². The molecule has 0 saturated carbocycles. The van der Waals surface area contributed by atoms with E-state index >= 15 is 0 Å². The average Bonchev–Trinajstić information content (AvgIpc) is 3.52. The molecule has 1 aromatic rings. The lowest BCUT2D eigenvalue weighted by Gasteiger charge is -2.32. The lowest BCUT2D eigenvalue weighted by Crippen LogP contribution is -2.59. The topological polar surface area (TPSA) is 198 Å². The molecule has 13 nitrogen and oxygen atoms in total. The van der Waals surface area contributed by atoms with Crippen molar-refractivity contribution < 1.29 is 33.1 Å². The van der Waals surface area contributed by atoms with Crippen LogP contribution in [0.1, 0.15) is 71.8 Å². The third-order valence-electron chi connectivity index (χ3n) is 7.71. The number of aliphatic imine (C=N–C) groups is 1. The molecule has 0 unspecified atom stereocenters. The first-order valence-electron chi connectivity index (χ1n) is 15.9. The van der Waals surface area contributed by atoms with Crippen LogP contribution in [0.2, 0.25) is 0 Å². The van der Waals surface area contributed by atoms with E-state index in [1.165, 1.54) is 4.90 Å². The maximum Gasteiger partial charge on any atom is 0.408 e. The van der Waals surface area contributed by atoms with Crippen molar-refractivity contribution in [2.45, 2.75) is 97.0 Å². The van der Waals surface area contributed by atoms with Gasteiger partial charge in [0.05, 0.1) is 6.04 Å². The summed E-state index contributed by atoms with van der Waals surface area (Å²) < 4.78 is 18.6. The van der Waals surface area contributed by atoms with Crippen LogP contribution >= 0.6 is 0 Å². The van der Waals surface area contributed by atoms with Gasteiger partial charge in [-0.25, -0.2) is 9.18 Å². The Morgan fingerprint density at radius 1 is 0.978 bits per heavy atom. The van der Waals surface area contributed by atoms with Gasteiger partial charge in [0.25, 0.3) is 0 Å². The minimum Gasteiger partial charge on any atom is -0.445 e. The van der Waals surface area contributed by atoms with Crippen LogP contribution < -0.4 is 27.4 Å². The summed E-state index contributed by atoms with van der Waals surface area (Å²) in [4.78, 5) is 70.7. The standard InChI is InChI=1S/C32H50FN7O6/c1-20(2)14-15-24(38-32(45)46-19-22-10-6-5-7-11-22)28(42)39-27(21(3)4)30(44)40-17-9-13-25(40)29(43)37-23(26(41)18-33)12-8-16-36-31(34)35/h5-7,10-11,20-21,23-25,27H,8-9,12-19H2,1-4H3,(H,37,43)(H,38,45)(H,39,42)(H4,34,35,36)/t23-,24-,25-,27-/m0/s1. The number of carbonyl (C=O) groups excluding carboxylic acids is 5. The summed E-state index contributed by atoms with van der Waals surface area (Å²) in [5.74, 6) is -2.59. The molecule has 0 aromatic heterocycles. The molecule has 4 atom stereocenters. The number of nitrogens with two attached hydrogens (primary N) is 2. The Morgan fingerprint density at radius 2 is 1.67 bits per heavy atom. The first kappa shape index (κ1) is 38.0. The largest absolute Gasteiger partial charge is 0.445 e. The molecule has 1 aliphatic rings. The van der Waals surface area contributed by atoms with Gasteiger partial charge in [0, 0.05) is 13.1 Å². The van der Waals surface area contributed by atoms with Gasteiger partial charge in [-0.3, -0.25) is 24.2 Å². The summed E-state index contributed by atoms with van der Waals surface area (Å²) in [5, 5.41) is 8.04. The van der Waals surface area contributed by atoms with Crippen molar-refractivity contribution in [2.24, 2.45) is 28.3 Å². The molecule has 4 amide bonds. The van der Waals surface area contributed by atoms with Crippen LogP contribution in [0.4, 0.5) is 9.18 Å².